The second-order valence-electron chi connectivity index (χ2n) is 10.7. The summed E-state index contributed by atoms with van der Waals surface area (Å²) in [6.07, 6.45) is 0. The van der Waals surface area contributed by atoms with Gasteiger partial charge >= 0.3 is 0 Å². The number of benzene rings is 5. The Kier molecular flexibility index (Phi) is 7.43. The van der Waals surface area contributed by atoms with E-state index in [2.05, 4.69) is 135 Å². The summed E-state index contributed by atoms with van der Waals surface area (Å²) in [5.41, 5.74) is 14.7. The van der Waals surface area contributed by atoms with Gasteiger partial charge in [-0.15, -0.1) is 0 Å². The van der Waals surface area contributed by atoms with Gasteiger partial charge in [-0.05, 0) is 82.6 Å². The third-order valence-electron chi connectivity index (χ3n) is 8.27. The van der Waals surface area contributed by atoms with Crippen molar-refractivity contribution < 1.29 is 0 Å². The van der Waals surface area contributed by atoms with Gasteiger partial charge in [-0.2, -0.15) is 0 Å². The zero-order chi connectivity index (χ0) is 28.6. The predicted molar refractivity (Wildman–Crippen MR) is 176 cm³/mol. The minimum atomic E-state index is -0.0196. The van der Waals surface area contributed by atoms with E-state index in [4.69, 9.17) is 0 Å². The summed E-state index contributed by atoms with van der Waals surface area (Å²) in [6.45, 7) is 17.3. The number of para-hydroxylation sites is 2. The first kappa shape index (κ1) is 27.5. The van der Waals surface area contributed by atoms with Crippen LogP contribution in [0.1, 0.15) is 63.8 Å². The monoisotopic (exact) mass is 523 g/mol. The maximum absolute atomic E-state index is 2.42. The van der Waals surface area contributed by atoms with E-state index in [9.17, 15) is 0 Å². The smallest absolute Gasteiger partial charge is 0.0547 e. The molecule has 1 aliphatic carbocycles. The molecule has 7 rings (SSSR count). The van der Waals surface area contributed by atoms with Crippen molar-refractivity contribution in [3.63, 3.8) is 0 Å². The van der Waals surface area contributed by atoms with E-state index in [0.29, 0.717) is 0 Å². The Morgan fingerprint density at radius 2 is 1.10 bits per heavy atom. The van der Waals surface area contributed by atoms with Crippen molar-refractivity contribution in [3.05, 3.63) is 125 Å². The Hall–Kier alpha value is -4.10. The molecule has 0 unspecified atom stereocenters. The molecule has 0 radical (unpaired) electrons. The fraction of sp³-hybridized carbons (Fsp3) is 0.231. The highest BCUT2D eigenvalue weighted by Gasteiger charge is 2.37. The van der Waals surface area contributed by atoms with Crippen LogP contribution in [-0.2, 0) is 5.41 Å². The molecule has 1 heteroatoms. The van der Waals surface area contributed by atoms with Crippen LogP contribution in [-0.4, -0.2) is 4.57 Å². The zero-order valence-electron chi connectivity index (χ0n) is 25.3. The van der Waals surface area contributed by atoms with E-state index in [1.165, 1.54) is 72.0 Å². The lowest BCUT2D eigenvalue weighted by Gasteiger charge is -2.23. The van der Waals surface area contributed by atoms with Gasteiger partial charge in [0.15, 0.2) is 0 Å². The van der Waals surface area contributed by atoms with Gasteiger partial charge in [-0.25, -0.2) is 0 Å². The van der Waals surface area contributed by atoms with Gasteiger partial charge in [0.2, 0.25) is 0 Å². The average molecular weight is 524 g/mol. The molecule has 0 N–H and O–H groups in total. The van der Waals surface area contributed by atoms with Gasteiger partial charge in [0.1, 0.15) is 0 Å². The molecule has 6 aromatic rings. The molecule has 202 valence electrons. The molecular weight excluding hydrogens is 482 g/mol. The highest BCUT2D eigenvalue weighted by Crippen LogP contribution is 2.54. The molecule has 0 bridgehead atoms. The second-order valence-corrected chi connectivity index (χ2v) is 10.7. The van der Waals surface area contributed by atoms with Crippen LogP contribution in [0.15, 0.2) is 103 Å². The highest BCUT2D eigenvalue weighted by molar-refractivity contribution is 6.18. The van der Waals surface area contributed by atoms with Gasteiger partial charge in [0, 0.05) is 21.9 Å². The van der Waals surface area contributed by atoms with Crippen LogP contribution in [0.5, 0.6) is 0 Å². The molecule has 0 aliphatic heterocycles. The Balaban J connectivity index is 0.000000774. The van der Waals surface area contributed by atoms with Crippen molar-refractivity contribution in [3.8, 4) is 27.9 Å². The molecule has 1 heterocycles. The SMILES string of the molecule is CC.CC.Cc1ccc2c(c1-c1c(C)ccc3c1c1ccccc1n3-c1ccccc1)-c1ccccc1C2(C)C. The summed E-state index contributed by atoms with van der Waals surface area (Å²) in [5.74, 6) is 0. The van der Waals surface area contributed by atoms with Crippen molar-refractivity contribution in [2.24, 2.45) is 0 Å². The molecule has 0 spiro atoms. The molecule has 1 aromatic heterocycles. The largest absolute Gasteiger partial charge is 0.309 e. The van der Waals surface area contributed by atoms with Crippen LogP contribution in [0.4, 0.5) is 0 Å². The number of nitrogens with zero attached hydrogens (tertiary/aromatic N) is 1. The normalized spacial score (nSPS) is 12.7. The summed E-state index contributed by atoms with van der Waals surface area (Å²) in [4.78, 5) is 0. The number of aromatic nitrogens is 1. The lowest BCUT2D eigenvalue weighted by molar-refractivity contribution is 0.660. The first-order valence-electron chi connectivity index (χ1n) is 14.8. The minimum Gasteiger partial charge on any atom is -0.309 e. The van der Waals surface area contributed by atoms with Crippen LogP contribution >= 0.6 is 0 Å². The summed E-state index contributed by atoms with van der Waals surface area (Å²) >= 11 is 0. The standard InChI is InChI=1S/C35H29N.2C2H6/c1-22-18-20-28-33(25-14-8-10-16-27(25)35(28,3)4)31(22)32-23(2)19-21-30-34(32)26-15-9-11-17-29(26)36(30)24-12-6-5-7-13-24;2*1-2/h5-21H,1-4H3;2*1-2H3. The van der Waals surface area contributed by atoms with E-state index in [1.807, 2.05) is 27.7 Å². The van der Waals surface area contributed by atoms with Gasteiger partial charge in [0.25, 0.3) is 0 Å². The Bertz CT molecular complexity index is 1820. The summed E-state index contributed by atoms with van der Waals surface area (Å²) in [7, 11) is 0. The number of hydrogen-bond donors (Lipinski definition) is 0. The van der Waals surface area contributed by atoms with Crippen LogP contribution in [0.2, 0.25) is 0 Å². The van der Waals surface area contributed by atoms with Crippen LogP contribution < -0.4 is 0 Å². The highest BCUT2D eigenvalue weighted by atomic mass is 15.0. The molecule has 0 atom stereocenters. The zero-order valence-corrected chi connectivity index (χ0v) is 25.3. The first-order chi connectivity index (χ1) is 19.5. The van der Waals surface area contributed by atoms with Gasteiger partial charge in [-0.1, -0.05) is 120 Å². The fourth-order valence-corrected chi connectivity index (χ4v) is 6.56. The van der Waals surface area contributed by atoms with E-state index in [0.717, 1.165) is 0 Å². The summed E-state index contributed by atoms with van der Waals surface area (Å²) < 4.78 is 2.42. The van der Waals surface area contributed by atoms with Gasteiger partial charge in [-0.3, -0.25) is 0 Å². The maximum Gasteiger partial charge on any atom is 0.0547 e. The Morgan fingerprint density at radius 3 is 1.85 bits per heavy atom. The summed E-state index contributed by atoms with van der Waals surface area (Å²) in [6, 6.07) is 37.9. The van der Waals surface area contributed by atoms with E-state index < -0.39 is 0 Å². The molecule has 1 nitrogen and oxygen atoms in total. The Labute approximate surface area is 240 Å². The molecule has 1 aliphatic rings. The van der Waals surface area contributed by atoms with E-state index >= 15 is 0 Å². The first-order valence-corrected chi connectivity index (χ1v) is 14.8. The molecule has 0 amide bonds. The number of rotatable bonds is 2. The Morgan fingerprint density at radius 1 is 0.500 bits per heavy atom. The third kappa shape index (κ3) is 3.99. The van der Waals surface area contributed by atoms with E-state index in [-0.39, 0.29) is 5.41 Å². The van der Waals surface area contributed by atoms with Gasteiger partial charge in [0.05, 0.1) is 11.0 Å². The topological polar surface area (TPSA) is 4.93 Å². The van der Waals surface area contributed by atoms with Crippen molar-refractivity contribution >= 4 is 21.8 Å². The number of fused-ring (bicyclic) bond motifs is 6. The molecule has 0 fully saturated rings. The van der Waals surface area contributed by atoms with Crippen LogP contribution in [0.3, 0.4) is 0 Å². The molecule has 5 aromatic carbocycles. The maximum atomic E-state index is 2.42. The molecule has 40 heavy (non-hydrogen) atoms. The third-order valence-corrected chi connectivity index (χ3v) is 8.27. The average Bonchev–Trinajstić information content (AvgIpc) is 3.45. The quantitative estimate of drug-likeness (QED) is 0.213. The van der Waals surface area contributed by atoms with Crippen LogP contribution in [0.25, 0.3) is 49.7 Å². The fourth-order valence-electron chi connectivity index (χ4n) is 6.56. The van der Waals surface area contributed by atoms with Crippen molar-refractivity contribution in [2.45, 2.75) is 60.8 Å². The molecular formula is C39H41N. The predicted octanol–water partition coefficient (Wildman–Crippen LogP) is 11.4. The van der Waals surface area contributed by atoms with Crippen LogP contribution in [0, 0.1) is 13.8 Å². The minimum absolute atomic E-state index is 0.0196. The van der Waals surface area contributed by atoms with Crippen molar-refractivity contribution in [2.75, 3.05) is 0 Å². The van der Waals surface area contributed by atoms with Crippen molar-refractivity contribution in [1.29, 1.82) is 0 Å². The molecule has 0 saturated heterocycles. The van der Waals surface area contributed by atoms with Crippen molar-refractivity contribution in [1.82, 2.24) is 4.57 Å². The van der Waals surface area contributed by atoms with Gasteiger partial charge < -0.3 is 4.57 Å². The van der Waals surface area contributed by atoms with E-state index in [1.54, 1.807) is 0 Å². The second kappa shape index (κ2) is 10.8. The number of hydrogen-bond acceptors (Lipinski definition) is 0. The number of aryl methyl sites for hydroxylation is 2. The lowest BCUT2D eigenvalue weighted by atomic mass is 9.80. The summed E-state index contributed by atoms with van der Waals surface area (Å²) in [5, 5.41) is 2.64. The lowest BCUT2D eigenvalue weighted by Crippen LogP contribution is -2.14. The molecule has 0 saturated carbocycles.